The van der Waals surface area contributed by atoms with Crippen molar-refractivity contribution in [3.05, 3.63) is 34.6 Å². The molecule has 5 rings (SSSR count). The van der Waals surface area contributed by atoms with Gasteiger partial charge in [-0.05, 0) is 67.6 Å². The van der Waals surface area contributed by atoms with Crippen LogP contribution >= 0.6 is 0 Å². The van der Waals surface area contributed by atoms with Gasteiger partial charge in [0, 0.05) is 31.6 Å². The van der Waals surface area contributed by atoms with Crippen molar-refractivity contribution in [2.45, 2.75) is 69.5 Å². The van der Waals surface area contributed by atoms with Crippen molar-refractivity contribution in [3.8, 4) is 6.07 Å². The second-order valence-corrected chi connectivity index (χ2v) is 9.84. The smallest absolute Gasteiger partial charge is 0.151 e. The molecule has 2 saturated heterocycles. The van der Waals surface area contributed by atoms with E-state index >= 15 is 4.39 Å². The van der Waals surface area contributed by atoms with Crippen LogP contribution < -0.4 is 5.32 Å². The maximum absolute atomic E-state index is 15.3. The number of halogens is 1. The highest BCUT2D eigenvalue weighted by Gasteiger charge is 2.42. The first-order valence-corrected chi connectivity index (χ1v) is 11.9. The normalized spacial score (nSPS) is 31.2. The molecule has 0 amide bonds. The molecule has 2 heterocycles. The maximum Gasteiger partial charge on any atom is 0.151 e. The monoisotopic (exact) mass is 425 g/mol. The zero-order chi connectivity index (χ0) is 21.4. The number of hydrogen-bond acceptors (Lipinski definition) is 5. The lowest BCUT2D eigenvalue weighted by atomic mass is 9.83. The van der Waals surface area contributed by atoms with Gasteiger partial charge in [-0.25, -0.2) is 4.39 Å². The first kappa shape index (κ1) is 21.1. The lowest BCUT2D eigenvalue weighted by molar-refractivity contribution is -0.122. The van der Waals surface area contributed by atoms with Crippen molar-refractivity contribution >= 4 is 5.78 Å². The molecule has 1 aromatic rings. The highest BCUT2D eigenvalue weighted by Crippen LogP contribution is 2.36. The summed E-state index contributed by atoms with van der Waals surface area (Å²) in [5.74, 6) is -0.0588. The Morgan fingerprint density at radius 1 is 1.29 bits per heavy atom. The summed E-state index contributed by atoms with van der Waals surface area (Å²) in [7, 11) is 0. The molecule has 0 radical (unpaired) electrons. The molecule has 1 aromatic carbocycles. The minimum absolute atomic E-state index is 0.0971. The Balaban J connectivity index is 1.23. The van der Waals surface area contributed by atoms with E-state index in [1.807, 2.05) is 12.1 Å². The largest absolute Gasteiger partial charge is 0.379 e. The van der Waals surface area contributed by atoms with Crippen molar-refractivity contribution in [1.29, 1.82) is 5.26 Å². The van der Waals surface area contributed by atoms with Crippen LogP contribution in [0.1, 0.15) is 48.8 Å². The number of piperidine rings is 1. The van der Waals surface area contributed by atoms with Gasteiger partial charge in [-0.1, -0.05) is 12.1 Å². The van der Waals surface area contributed by atoms with Crippen LogP contribution in [0.2, 0.25) is 0 Å². The summed E-state index contributed by atoms with van der Waals surface area (Å²) in [5.41, 5.74) is 2.50. The fraction of sp³-hybridized carbons (Fsp3) is 0.680. The lowest BCUT2D eigenvalue weighted by Gasteiger charge is -2.37. The van der Waals surface area contributed by atoms with E-state index in [0.717, 1.165) is 76.0 Å². The number of carbonyl (C=O) groups excluding carboxylic acids is 1. The summed E-state index contributed by atoms with van der Waals surface area (Å²) in [6.45, 7) is 3.47. The van der Waals surface area contributed by atoms with Gasteiger partial charge in [0.2, 0.25) is 0 Å². The summed E-state index contributed by atoms with van der Waals surface area (Å²) < 4.78 is 20.8. The average molecular weight is 426 g/mol. The third kappa shape index (κ3) is 4.28. The number of benzene rings is 1. The predicted octanol–water partition coefficient (Wildman–Crippen LogP) is 2.80. The molecule has 0 aromatic heterocycles. The molecule has 31 heavy (non-hydrogen) atoms. The SMILES string of the molecule is N#C[C@@H](CC(=O)[C@H]1N[C@@H]2CC[C@H]1C2)Cc1ccc2c(c1F)CCC(N1CCOCC1)C2. The third-order valence-corrected chi connectivity index (χ3v) is 7.97. The Bertz CT molecular complexity index is 876. The number of nitrogens with one attached hydrogen (secondary N) is 1. The zero-order valence-electron chi connectivity index (χ0n) is 18.1. The molecule has 1 N–H and O–H groups in total. The summed E-state index contributed by atoms with van der Waals surface area (Å²) in [6.07, 6.45) is 6.45. The standard InChI is InChI=1S/C25H32FN3O2/c26-24-18(11-16(15-27)12-23(30)25-19-3-4-20(13-19)28-25)2-1-17-14-21(5-6-22(17)24)29-7-9-31-10-8-29/h1-2,16,19-21,25,28H,3-14H2/t16-,19+,20-,21?,25+/m1/s1. The molecule has 2 aliphatic heterocycles. The molecular formula is C25H32FN3O2. The summed E-state index contributed by atoms with van der Waals surface area (Å²) in [5, 5.41) is 13.1. The van der Waals surface area contributed by atoms with Crippen molar-refractivity contribution in [1.82, 2.24) is 10.2 Å². The van der Waals surface area contributed by atoms with Crippen LogP contribution in [-0.4, -0.2) is 55.1 Å². The van der Waals surface area contributed by atoms with Crippen molar-refractivity contribution in [2.24, 2.45) is 11.8 Å². The summed E-state index contributed by atoms with van der Waals surface area (Å²) >= 11 is 0. The molecule has 5 atom stereocenters. The van der Waals surface area contributed by atoms with Crippen LogP contribution in [0.5, 0.6) is 0 Å². The number of morpholine rings is 1. The van der Waals surface area contributed by atoms with Gasteiger partial charge in [0.05, 0.1) is 31.2 Å². The number of Topliss-reactive ketones (excluding diaryl/α,β-unsaturated/α-hetero) is 1. The third-order valence-electron chi connectivity index (χ3n) is 7.97. The first-order valence-electron chi connectivity index (χ1n) is 11.9. The number of nitriles is 1. The molecule has 6 heteroatoms. The molecule has 0 spiro atoms. The molecule has 2 bridgehead atoms. The molecule has 1 unspecified atom stereocenters. The second kappa shape index (κ2) is 8.97. The van der Waals surface area contributed by atoms with Crippen LogP contribution in [0.3, 0.4) is 0 Å². The zero-order valence-corrected chi connectivity index (χ0v) is 18.1. The van der Waals surface area contributed by atoms with Crippen LogP contribution in [0, 0.1) is 29.0 Å². The van der Waals surface area contributed by atoms with Gasteiger partial charge in [0.25, 0.3) is 0 Å². The van der Waals surface area contributed by atoms with E-state index in [4.69, 9.17) is 4.74 Å². The second-order valence-electron chi connectivity index (χ2n) is 9.84. The van der Waals surface area contributed by atoms with Gasteiger partial charge >= 0.3 is 0 Å². The Labute approximate surface area is 183 Å². The quantitative estimate of drug-likeness (QED) is 0.759. The van der Waals surface area contributed by atoms with E-state index < -0.39 is 5.92 Å². The van der Waals surface area contributed by atoms with Gasteiger partial charge in [-0.15, -0.1) is 0 Å². The molecule has 4 aliphatic rings. The van der Waals surface area contributed by atoms with E-state index in [1.165, 1.54) is 0 Å². The Morgan fingerprint density at radius 3 is 2.84 bits per heavy atom. The Kier molecular flexibility index (Phi) is 6.10. The van der Waals surface area contributed by atoms with Gasteiger partial charge in [-0.2, -0.15) is 5.26 Å². The first-order chi connectivity index (χ1) is 15.1. The maximum atomic E-state index is 15.3. The van der Waals surface area contributed by atoms with Crippen LogP contribution in [0.4, 0.5) is 4.39 Å². The van der Waals surface area contributed by atoms with Gasteiger partial charge < -0.3 is 10.1 Å². The molecule has 166 valence electrons. The minimum atomic E-state index is -0.467. The molecule has 3 fully saturated rings. The van der Waals surface area contributed by atoms with E-state index in [-0.39, 0.29) is 24.1 Å². The number of hydrogen-bond donors (Lipinski definition) is 1. The van der Waals surface area contributed by atoms with E-state index in [2.05, 4.69) is 16.3 Å². The van der Waals surface area contributed by atoms with Crippen molar-refractivity contribution in [3.63, 3.8) is 0 Å². The van der Waals surface area contributed by atoms with Crippen LogP contribution in [0.15, 0.2) is 12.1 Å². The highest BCUT2D eigenvalue weighted by atomic mass is 19.1. The molecular weight excluding hydrogens is 393 g/mol. The number of nitrogens with zero attached hydrogens (tertiary/aromatic N) is 2. The van der Waals surface area contributed by atoms with E-state index in [9.17, 15) is 10.1 Å². The van der Waals surface area contributed by atoms with E-state index in [0.29, 0.717) is 30.0 Å². The van der Waals surface area contributed by atoms with Crippen LogP contribution in [-0.2, 0) is 28.8 Å². The average Bonchev–Trinajstić information content (AvgIpc) is 3.44. The number of carbonyl (C=O) groups is 1. The molecule has 1 saturated carbocycles. The van der Waals surface area contributed by atoms with Crippen molar-refractivity contribution in [2.75, 3.05) is 26.3 Å². The fourth-order valence-corrected chi connectivity index (χ4v) is 6.27. The van der Waals surface area contributed by atoms with Gasteiger partial charge in [0.15, 0.2) is 5.78 Å². The predicted molar refractivity (Wildman–Crippen MR) is 115 cm³/mol. The summed E-state index contributed by atoms with van der Waals surface area (Å²) in [6, 6.07) is 7.00. The van der Waals surface area contributed by atoms with Gasteiger partial charge in [0.1, 0.15) is 5.82 Å². The minimum Gasteiger partial charge on any atom is -0.379 e. The number of ketones is 1. The molecule has 5 nitrogen and oxygen atoms in total. The van der Waals surface area contributed by atoms with Gasteiger partial charge in [-0.3, -0.25) is 9.69 Å². The van der Waals surface area contributed by atoms with E-state index in [1.54, 1.807) is 0 Å². The van der Waals surface area contributed by atoms with Crippen LogP contribution in [0.25, 0.3) is 0 Å². The lowest BCUT2D eigenvalue weighted by Crippen LogP contribution is -2.46. The number of rotatable bonds is 6. The Hall–Kier alpha value is -1.81. The topological polar surface area (TPSA) is 65.4 Å². The summed E-state index contributed by atoms with van der Waals surface area (Å²) in [4.78, 5) is 15.2. The number of fused-ring (bicyclic) bond motifs is 3. The number of ether oxygens (including phenoxy) is 1. The fourth-order valence-electron chi connectivity index (χ4n) is 6.27. The highest BCUT2D eigenvalue weighted by molar-refractivity contribution is 5.85. The molecule has 2 aliphatic carbocycles. The Morgan fingerprint density at radius 2 is 2.13 bits per heavy atom. The van der Waals surface area contributed by atoms with Crippen molar-refractivity contribution < 1.29 is 13.9 Å².